The summed E-state index contributed by atoms with van der Waals surface area (Å²) in [5.41, 5.74) is 0.777. The van der Waals surface area contributed by atoms with Crippen LogP contribution in [-0.2, 0) is 14.4 Å². The summed E-state index contributed by atoms with van der Waals surface area (Å²) < 4.78 is 10.7. The van der Waals surface area contributed by atoms with Crippen LogP contribution in [0.5, 0.6) is 0 Å². The van der Waals surface area contributed by atoms with E-state index in [4.69, 9.17) is 14.1 Å². The molecule has 0 radical (unpaired) electrons. The number of rotatable bonds is 10. The minimum Gasteiger partial charge on any atom is -0.425 e. The lowest BCUT2D eigenvalue weighted by Gasteiger charge is -2.24. The Morgan fingerprint density at radius 1 is 1.22 bits per heavy atom. The van der Waals surface area contributed by atoms with Crippen molar-refractivity contribution in [2.75, 3.05) is 6.54 Å². The summed E-state index contributed by atoms with van der Waals surface area (Å²) >= 11 is 0. The van der Waals surface area contributed by atoms with Crippen molar-refractivity contribution >= 4 is 17.8 Å². The number of benzene rings is 1. The molecule has 0 saturated carbocycles. The van der Waals surface area contributed by atoms with Crippen LogP contribution >= 0.6 is 0 Å². The van der Waals surface area contributed by atoms with Crippen LogP contribution in [0.25, 0.3) is 0 Å². The Labute approximate surface area is 210 Å². The van der Waals surface area contributed by atoms with E-state index in [2.05, 4.69) is 10.5 Å². The average Bonchev–Trinajstić information content (AvgIpc) is 3.33. The number of carbonyl (C=O) groups excluding carboxylic acids is 3. The van der Waals surface area contributed by atoms with E-state index in [-0.39, 0.29) is 23.0 Å². The smallest absolute Gasteiger partial charge is 0.409 e. The van der Waals surface area contributed by atoms with Crippen LogP contribution in [0.3, 0.4) is 0 Å². The molecule has 10 heteroatoms. The van der Waals surface area contributed by atoms with Gasteiger partial charge in [0.2, 0.25) is 17.8 Å². The zero-order valence-corrected chi connectivity index (χ0v) is 21.2. The highest BCUT2D eigenvalue weighted by Gasteiger charge is 2.49. The first-order valence-corrected chi connectivity index (χ1v) is 12.4. The van der Waals surface area contributed by atoms with Gasteiger partial charge in [0.1, 0.15) is 0 Å². The predicted octanol–water partition coefficient (Wildman–Crippen LogP) is 4.06. The minimum atomic E-state index is -0.786. The van der Waals surface area contributed by atoms with Gasteiger partial charge in [-0.05, 0) is 24.3 Å². The van der Waals surface area contributed by atoms with Crippen LogP contribution in [0.2, 0.25) is 0 Å². The van der Waals surface area contributed by atoms with Crippen molar-refractivity contribution in [1.29, 1.82) is 0 Å². The van der Waals surface area contributed by atoms with Crippen molar-refractivity contribution in [1.82, 2.24) is 20.4 Å². The molecule has 0 spiro atoms. The Morgan fingerprint density at radius 2 is 1.97 bits per heavy atom. The fourth-order valence-corrected chi connectivity index (χ4v) is 4.59. The zero-order valence-electron chi connectivity index (χ0n) is 21.2. The highest BCUT2D eigenvalue weighted by atomic mass is 16.8. The van der Waals surface area contributed by atoms with Crippen LogP contribution in [0.4, 0.5) is 4.79 Å². The number of hydroxylamine groups is 2. The second kappa shape index (κ2) is 10.8. The van der Waals surface area contributed by atoms with Crippen molar-refractivity contribution in [3.63, 3.8) is 0 Å². The van der Waals surface area contributed by atoms with Crippen LogP contribution in [0.15, 0.2) is 47.1 Å². The van der Waals surface area contributed by atoms with Gasteiger partial charge in [0.05, 0.1) is 18.3 Å². The van der Waals surface area contributed by atoms with Crippen LogP contribution in [0.1, 0.15) is 75.5 Å². The van der Waals surface area contributed by atoms with E-state index in [1.165, 1.54) is 17.2 Å². The van der Waals surface area contributed by atoms with Gasteiger partial charge in [0.15, 0.2) is 6.23 Å². The van der Waals surface area contributed by atoms with Crippen LogP contribution in [0, 0.1) is 5.41 Å². The van der Waals surface area contributed by atoms with Gasteiger partial charge in [-0.25, -0.2) is 4.79 Å². The lowest BCUT2D eigenvalue weighted by molar-refractivity contribution is -0.122. The summed E-state index contributed by atoms with van der Waals surface area (Å²) in [6.07, 6.45) is 1.69. The standard InChI is InChI=1S/C26H34N4O6/c1-5-6-12-19(22(31)24-30(36-24)17(2)18-10-8-7-9-11-18)28-25(33)34-21-15-26(3,4)16-29(21)23(32)20-13-14-27-35-20/h7-11,13-14,17,19,21,24H,5-6,12,15-16H2,1-4H3,(H,28,33)/t17-,19+,21?,24?,30?/m1/s1. The number of ketones is 1. The highest BCUT2D eigenvalue weighted by Crippen LogP contribution is 2.36. The van der Waals surface area contributed by atoms with E-state index in [0.717, 1.165) is 18.4 Å². The number of hydrogen-bond donors (Lipinski definition) is 1. The Balaban J connectivity index is 1.39. The highest BCUT2D eigenvalue weighted by molar-refractivity contribution is 5.92. The minimum absolute atomic E-state index is 0.0798. The number of unbranched alkanes of at least 4 members (excludes halogenated alkanes) is 1. The lowest BCUT2D eigenvalue weighted by Crippen LogP contribution is -2.47. The normalized spacial score (nSPS) is 24.1. The monoisotopic (exact) mass is 498 g/mol. The van der Waals surface area contributed by atoms with Crippen molar-refractivity contribution < 1.29 is 28.5 Å². The molecular formula is C26H34N4O6. The molecule has 2 saturated heterocycles. The Bertz CT molecular complexity index is 1060. The SMILES string of the molecule is CCCC[C@H](NC(=O)OC1CC(C)(C)CN1C(=O)c1ccno1)C(=O)C1ON1[C@H](C)c1ccccc1. The maximum Gasteiger partial charge on any atom is 0.409 e. The van der Waals surface area contributed by atoms with Gasteiger partial charge in [-0.3, -0.25) is 19.3 Å². The maximum atomic E-state index is 13.2. The maximum absolute atomic E-state index is 13.2. The third-order valence-electron chi connectivity index (χ3n) is 6.62. The second-order valence-corrected chi connectivity index (χ2v) is 10.2. The van der Waals surface area contributed by atoms with E-state index in [1.54, 1.807) is 5.06 Å². The van der Waals surface area contributed by atoms with Crippen LogP contribution < -0.4 is 5.32 Å². The number of aromatic nitrogens is 1. The van der Waals surface area contributed by atoms with E-state index in [9.17, 15) is 14.4 Å². The third-order valence-corrected chi connectivity index (χ3v) is 6.62. The first-order chi connectivity index (χ1) is 17.2. The molecule has 2 aliphatic heterocycles. The second-order valence-electron chi connectivity index (χ2n) is 10.2. The van der Waals surface area contributed by atoms with Crippen molar-refractivity contribution in [2.24, 2.45) is 5.41 Å². The molecule has 0 aliphatic carbocycles. The molecule has 0 bridgehead atoms. The molecule has 36 heavy (non-hydrogen) atoms. The molecule has 3 heterocycles. The quantitative estimate of drug-likeness (QED) is 0.488. The number of ether oxygens (including phenoxy) is 1. The van der Waals surface area contributed by atoms with Crippen molar-refractivity contribution in [2.45, 2.75) is 77.9 Å². The van der Waals surface area contributed by atoms with E-state index < -0.39 is 30.5 Å². The van der Waals surface area contributed by atoms with Gasteiger partial charge in [-0.2, -0.15) is 0 Å². The van der Waals surface area contributed by atoms with E-state index in [0.29, 0.717) is 19.4 Å². The molecule has 2 fully saturated rings. The van der Waals surface area contributed by atoms with Crippen molar-refractivity contribution in [3.05, 3.63) is 53.9 Å². The molecule has 194 valence electrons. The van der Waals surface area contributed by atoms with Gasteiger partial charge in [0, 0.05) is 19.0 Å². The fraction of sp³-hybridized carbons (Fsp3) is 0.538. The van der Waals surface area contributed by atoms with Gasteiger partial charge in [-0.15, -0.1) is 5.06 Å². The van der Waals surface area contributed by atoms with E-state index >= 15 is 0 Å². The third kappa shape index (κ3) is 5.93. The molecule has 2 amide bonds. The summed E-state index contributed by atoms with van der Waals surface area (Å²) in [5.74, 6) is -0.535. The molecule has 1 aromatic heterocycles. The number of nitrogens with zero attached hydrogens (tertiary/aromatic N) is 3. The Kier molecular flexibility index (Phi) is 7.75. The molecule has 1 aromatic carbocycles. The summed E-state index contributed by atoms with van der Waals surface area (Å²) in [4.78, 5) is 46.1. The average molecular weight is 499 g/mol. The molecule has 2 aromatic rings. The number of carbonyl (C=O) groups is 3. The Hall–Kier alpha value is -3.24. The summed E-state index contributed by atoms with van der Waals surface area (Å²) in [6, 6.07) is 10.4. The Morgan fingerprint density at radius 3 is 2.64 bits per heavy atom. The summed E-state index contributed by atoms with van der Waals surface area (Å²) in [7, 11) is 0. The van der Waals surface area contributed by atoms with Gasteiger partial charge >= 0.3 is 6.09 Å². The van der Waals surface area contributed by atoms with Gasteiger partial charge in [0.25, 0.3) is 5.91 Å². The number of amides is 2. The molecule has 2 aliphatic rings. The topological polar surface area (TPSA) is 117 Å². The molecule has 5 atom stereocenters. The van der Waals surface area contributed by atoms with Gasteiger partial charge in [-0.1, -0.05) is 69.1 Å². The molecule has 10 nitrogen and oxygen atoms in total. The molecule has 1 N–H and O–H groups in total. The number of hydrogen-bond acceptors (Lipinski definition) is 8. The summed E-state index contributed by atoms with van der Waals surface area (Å²) in [6.45, 7) is 8.37. The van der Waals surface area contributed by atoms with Crippen molar-refractivity contribution in [3.8, 4) is 0 Å². The fourth-order valence-electron chi connectivity index (χ4n) is 4.59. The number of Topliss-reactive ketones (excluding diaryl/α,β-unsaturated/α-hetero) is 1. The zero-order chi connectivity index (χ0) is 25.9. The first-order valence-electron chi connectivity index (χ1n) is 12.4. The summed E-state index contributed by atoms with van der Waals surface area (Å²) in [5, 5.41) is 7.96. The van der Waals surface area contributed by atoms with Crippen LogP contribution in [-0.4, -0.2) is 57.9 Å². The first kappa shape index (κ1) is 25.8. The number of nitrogens with one attached hydrogen (secondary N) is 1. The molecular weight excluding hydrogens is 464 g/mol. The van der Waals surface area contributed by atoms with E-state index in [1.807, 2.05) is 58.0 Å². The van der Waals surface area contributed by atoms with Gasteiger partial charge < -0.3 is 14.6 Å². The predicted molar refractivity (Wildman–Crippen MR) is 129 cm³/mol. The molecule has 3 unspecified atom stereocenters. The lowest BCUT2D eigenvalue weighted by atomic mass is 9.93. The largest absolute Gasteiger partial charge is 0.425 e. The number of alkyl carbamates (subject to hydrolysis) is 1. The number of likely N-dealkylation sites (tertiary alicyclic amines) is 1. The molecule has 4 rings (SSSR count).